The number of nitrogens with zero attached hydrogens (tertiary/aromatic N) is 4. The molecule has 1 amide bonds. The number of anilines is 1. The van der Waals surface area contributed by atoms with Crippen LogP contribution in [0.1, 0.15) is 21.9 Å². The van der Waals surface area contributed by atoms with Gasteiger partial charge in [-0.05, 0) is 17.7 Å². The van der Waals surface area contributed by atoms with E-state index in [1.807, 2.05) is 70.2 Å². The Labute approximate surface area is 211 Å². The van der Waals surface area contributed by atoms with Crippen molar-refractivity contribution in [3.05, 3.63) is 83.8 Å². The molecule has 10 heteroatoms. The fourth-order valence-electron chi connectivity index (χ4n) is 3.59. The zero-order valence-electron chi connectivity index (χ0n) is 19.4. The molecule has 1 aromatic carbocycles. The first-order valence-electron chi connectivity index (χ1n) is 10.8. The lowest BCUT2D eigenvalue weighted by atomic mass is 10.0. The predicted molar refractivity (Wildman–Crippen MR) is 139 cm³/mol. The number of aromatic nitrogens is 4. The summed E-state index contributed by atoms with van der Waals surface area (Å²) in [5.41, 5.74) is 3.06. The highest BCUT2D eigenvalue weighted by molar-refractivity contribution is 7.99. The number of amides is 1. The monoisotopic (exact) mass is 507 g/mol. The number of methoxy groups -OCH3 is 1. The number of carbonyl (C=O) groups excluding carboxylic acids is 2. The van der Waals surface area contributed by atoms with Gasteiger partial charge in [-0.25, -0.2) is 4.79 Å². The van der Waals surface area contributed by atoms with E-state index in [4.69, 9.17) is 4.74 Å². The van der Waals surface area contributed by atoms with E-state index in [-0.39, 0.29) is 11.7 Å². The fraction of sp³-hybridized carbons (Fsp3) is 0.200. The molecule has 0 aliphatic heterocycles. The summed E-state index contributed by atoms with van der Waals surface area (Å²) in [6.45, 7) is 4.37. The summed E-state index contributed by atoms with van der Waals surface area (Å²) >= 11 is 2.58. The van der Waals surface area contributed by atoms with Gasteiger partial charge in [-0.15, -0.1) is 28.1 Å². The van der Waals surface area contributed by atoms with Gasteiger partial charge in [-0.2, -0.15) is 0 Å². The molecule has 0 spiro atoms. The number of ether oxygens (including phenoxy) is 1. The van der Waals surface area contributed by atoms with E-state index < -0.39 is 5.97 Å². The highest BCUT2D eigenvalue weighted by atomic mass is 32.2. The van der Waals surface area contributed by atoms with Crippen LogP contribution in [0.3, 0.4) is 0 Å². The van der Waals surface area contributed by atoms with Crippen LogP contribution < -0.4 is 5.32 Å². The van der Waals surface area contributed by atoms with Gasteiger partial charge in [0.1, 0.15) is 16.4 Å². The van der Waals surface area contributed by atoms with E-state index in [0.29, 0.717) is 28.7 Å². The topological polar surface area (TPSA) is 91.0 Å². The Morgan fingerprint density at radius 3 is 2.69 bits per heavy atom. The molecular formula is C25H25N5O3S2. The number of carbonyl (C=O) groups is 2. The Morgan fingerprint density at radius 1 is 1.20 bits per heavy atom. The standard InChI is InChI=1S/C25H25N5O3S2/c1-4-12-30-20(14-18-11-8-13-29(18)2)27-28-25(30)35-16-21(31)26-23-22(24(32)33-3)19(15-34-23)17-9-6-5-7-10-17/h4-11,13,15H,1,12,14,16H2,2-3H3,(H,26,31). The molecule has 1 N–H and O–H groups in total. The van der Waals surface area contributed by atoms with Crippen LogP contribution in [0.15, 0.2) is 71.9 Å². The van der Waals surface area contributed by atoms with E-state index in [1.54, 1.807) is 6.08 Å². The highest BCUT2D eigenvalue weighted by Gasteiger charge is 2.23. The maximum Gasteiger partial charge on any atom is 0.341 e. The number of hydrogen-bond acceptors (Lipinski definition) is 7. The molecule has 4 aromatic rings. The highest BCUT2D eigenvalue weighted by Crippen LogP contribution is 2.36. The van der Waals surface area contributed by atoms with Crippen LogP contribution in [-0.4, -0.2) is 44.1 Å². The minimum absolute atomic E-state index is 0.110. The van der Waals surface area contributed by atoms with Gasteiger partial charge in [0, 0.05) is 42.8 Å². The first kappa shape index (κ1) is 24.5. The van der Waals surface area contributed by atoms with Crippen LogP contribution in [0.5, 0.6) is 0 Å². The zero-order chi connectivity index (χ0) is 24.8. The van der Waals surface area contributed by atoms with Crippen molar-refractivity contribution in [1.29, 1.82) is 0 Å². The van der Waals surface area contributed by atoms with Crippen LogP contribution in [0, 0.1) is 0 Å². The van der Waals surface area contributed by atoms with Crippen molar-refractivity contribution >= 4 is 40.0 Å². The lowest BCUT2D eigenvalue weighted by Crippen LogP contribution is -2.16. The summed E-state index contributed by atoms with van der Waals surface area (Å²) in [4.78, 5) is 25.3. The van der Waals surface area contributed by atoms with Crippen molar-refractivity contribution in [2.75, 3.05) is 18.2 Å². The summed E-state index contributed by atoms with van der Waals surface area (Å²) in [6.07, 6.45) is 4.39. The number of aryl methyl sites for hydroxylation is 1. The van der Waals surface area contributed by atoms with Gasteiger partial charge in [0.2, 0.25) is 5.91 Å². The summed E-state index contributed by atoms with van der Waals surface area (Å²) in [6, 6.07) is 13.5. The number of esters is 1. The lowest BCUT2D eigenvalue weighted by Gasteiger charge is -2.09. The van der Waals surface area contributed by atoms with Crippen LogP contribution in [0.25, 0.3) is 11.1 Å². The number of benzene rings is 1. The number of hydrogen-bond donors (Lipinski definition) is 1. The van der Waals surface area contributed by atoms with Crippen LogP contribution >= 0.6 is 23.1 Å². The molecule has 0 aliphatic rings. The zero-order valence-corrected chi connectivity index (χ0v) is 21.1. The number of allylic oxidation sites excluding steroid dienone is 1. The molecule has 3 aromatic heterocycles. The van der Waals surface area contributed by atoms with E-state index in [9.17, 15) is 9.59 Å². The Bertz CT molecular complexity index is 1340. The molecule has 8 nitrogen and oxygen atoms in total. The Balaban J connectivity index is 1.48. The summed E-state index contributed by atoms with van der Waals surface area (Å²) in [7, 11) is 3.32. The second-order valence-electron chi connectivity index (χ2n) is 7.63. The largest absolute Gasteiger partial charge is 0.465 e. The van der Waals surface area contributed by atoms with E-state index in [1.165, 1.54) is 30.2 Å². The number of nitrogens with one attached hydrogen (secondary N) is 1. The Hall–Kier alpha value is -3.63. The minimum atomic E-state index is -0.496. The molecule has 3 heterocycles. The Kier molecular flexibility index (Phi) is 7.84. The third-order valence-corrected chi connectivity index (χ3v) is 7.21. The molecule has 0 saturated carbocycles. The van der Waals surface area contributed by atoms with E-state index in [0.717, 1.165) is 22.6 Å². The van der Waals surface area contributed by atoms with Gasteiger partial charge in [0.15, 0.2) is 5.16 Å². The number of rotatable bonds is 10. The van der Waals surface area contributed by atoms with Gasteiger partial charge in [0.25, 0.3) is 0 Å². The molecule has 0 fully saturated rings. The van der Waals surface area contributed by atoms with Gasteiger partial charge < -0.3 is 19.2 Å². The van der Waals surface area contributed by atoms with E-state index in [2.05, 4.69) is 22.1 Å². The quantitative estimate of drug-likeness (QED) is 0.191. The van der Waals surface area contributed by atoms with E-state index >= 15 is 0 Å². The van der Waals surface area contributed by atoms with Gasteiger partial charge in [-0.3, -0.25) is 4.79 Å². The van der Waals surface area contributed by atoms with Crippen LogP contribution in [0.4, 0.5) is 5.00 Å². The average molecular weight is 508 g/mol. The third-order valence-electron chi connectivity index (χ3n) is 5.35. The minimum Gasteiger partial charge on any atom is -0.465 e. The smallest absolute Gasteiger partial charge is 0.341 e. The molecule has 0 bridgehead atoms. The second-order valence-corrected chi connectivity index (χ2v) is 9.46. The van der Waals surface area contributed by atoms with Gasteiger partial charge in [-0.1, -0.05) is 48.2 Å². The van der Waals surface area contributed by atoms with Gasteiger partial charge >= 0.3 is 5.97 Å². The molecule has 0 radical (unpaired) electrons. The molecule has 4 rings (SSSR count). The molecule has 0 aliphatic carbocycles. The van der Waals surface area contributed by atoms with Crippen molar-refractivity contribution in [2.45, 2.75) is 18.1 Å². The maximum absolute atomic E-state index is 12.8. The molecule has 0 atom stereocenters. The van der Waals surface area contributed by atoms with Crippen molar-refractivity contribution < 1.29 is 14.3 Å². The number of thiophene rings is 1. The normalized spacial score (nSPS) is 10.8. The Morgan fingerprint density at radius 2 is 2.00 bits per heavy atom. The predicted octanol–water partition coefficient (Wildman–Crippen LogP) is 4.64. The SMILES string of the molecule is C=CCn1c(Cc2cccn2C)nnc1SCC(=O)Nc1scc(-c2ccccc2)c1C(=O)OC. The first-order valence-corrected chi connectivity index (χ1v) is 12.7. The average Bonchev–Trinajstić information content (AvgIpc) is 3.58. The molecule has 180 valence electrons. The summed E-state index contributed by atoms with van der Waals surface area (Å²) < 4.78 is 8.98. The maximum atomic E-state index is 12.8. The van der Waals surface area contributed by atoms with Crippen molar-refractivity contribution in [1.82, 2.24) is 19.3 Å². The lowest BCUT2D eigenvalue weighted by molar-refractivity contribution is -0.113. The number of thioether (sulfide) groups is 1. The van der Waals surface area contributed by atoms with Crippen molar-refractivity contribution in [3.63, 3.8) is 0 Å². The fourth-order valence-corrected chi connectivity index (χ4v) is 5.33. The second kappa shape index (κ2) is 11.2. The first-order chi connectivity index (χ1) is 17.0. The van der Waals surface area contributed by atoms with Crippen LogP contribution in [-0.2, 0) is 29.5 Å². The van der Waals surface area contributed by atoms with Crippen molar-refractivity contribution in [2.24, 2.45) is 7.05 Å². The molecule has 0 unspecified atom stereocenters. The third kappa shape index (κ3) is 5.55. The van der Waals surface area contributed by atoms with Crippen molar-refractivity contribution in [3.8, 4) is 11.1 Å². The summed E-state index contributed by atoms with van der Waals surface area (Å²) in [5.74, 6) is 0.162. The summed E-state index contributed by atoms with van der Waals surface area (Å²) in [5, 5.41) is 14.4. The molecule has 35 heavy (non-hydrogen) atoms. The van der Waals surface area contributed by atoms with Crippen LogP contribution in [0.2, 0.25) is 0 Å². The van der Waals surface area contributed by atoms with Gasteiger partial charge in [0.05, 0.1) is 12.9 Å². The molecular weight excluding hydrogens is 482 g/mol. The molecule has 0 saturated heterocycles.